The van der Waals surface area contributed by atoms with E-state index in [2.05, 4.69) is 31.8 Å². The van der Waals surface area contributed by atoms with Crippen LogP contribution in [0, 0.1) is 23.7 Å². The number of ether oxygens (including phenoxy) is 3. The average Bonchev–Trinajstić information content (AvgIpc) is 3.75. The van der Waals surface area contributed by atoms with Crippen molar-refractivity contribution in [2.75, 3.05) is 34.9 Å². The number of aliphatic hydroxyl groups excluding tert-OH is 1. The van der Waals surface area contributed by atoms with Crippen molar-refractivity contribution < 1.29 is 43.3 Å². The number of amides is 5. The molecule has 1 aromatic carbocycles. The van der Waals surface area contributed by atoms with Crippen molar-refractivity contribution in [2.24, 2.45) is 23.7 Å². The number of nitrogens with zero attached hydrogens (tertiary/aromatic N) is 3. The number of likely N-dealkylation sites (N-methyl/N-ethyl adjacent to an activating group) is 2. The highest BCUT2D eigenvalue weighted by Gasteiger charge is 2.44. The van der Waals surface area contributed by atoms with Crippen LogP contribution in [0.4, 0.5) is 4.79 Å². The summed E-state index contributed by atoms with van der Waals surface area (Å²) < 4.78 is 17.9. The van der Waals surface area contributed by atoms with E-state index in [4.69, 9.17) is 14.2 Å². The Kier molecular flexibility index (Phi) is 23.3. The molecule has 17 heteroatoms. The van der Waals surface area contributed by atoms with Crippen molar-refractivity contribution in [1.82, 2.24) is 25.3 Å². The molecule has 0 bridgehead atoms. The molecule has 1 heterocycles. The lowest BCUT2D eigenvalue weighted by Gasteiger charge is -2.41. The van der Waals surface area contributed by atoms with Crippen molar-refractivity contribution in [1.29, 1.82) is 0 Å². The fraction of sp³-hybridized carbons (Fsp3) is 0.761. The van der Waals surface area contributed by atoms with Gasteiger partial charge in [-0.1, -0.05) is 96.0 Å². The summed E-state index contributed by atoms with van der Waals surface area (Å²) in [5.74, 6) is -2.52. The van der Waals surface area contributed by atoms with Crippen LogP contribution in [0.5, 0.6) is 0 Å². The van der Waals surface area contributed by atoms with Crippen molar-refractivity contribution in [3.05, 3.63) is 35.9 Å². The molecule has 5 amide bonds. The van der Waals surface area contributed by atoms with E-state index in [1.165, 1.54) is 4.90 Å². The summed E-state index contributed by atoms with van der Waals surface area (Å²) in [6.45, 7) is 15.5. The quantitative estimate of drug-likeness (QED) is 0.0738. The Labute approximate surface area is 397 Å². The van der Waals surface area contributed by atoms with Gasteiger partial charge in [-0.2, -0.15) is 0 Å². The van der Waals surface area contributed by atoms with E-state index in [0.717, 1.165) is 32.1 Å². The summed E-state index contributed by atoms with van der Waals surface area (Å²) in [6.07, 6.45) is 2.59. The molecule has 63 heavy (non-hydrogen) atoms. The predicted molar refractivity (Wildman–Crippen MR) is 260 cm³/mol. The minimum Gasteiger partial charge on any atom is -0.446 e. The van der Waals surface area contributed by atoms with Gasteiger partial charge in [0, 0.05) is 61.3 Å². The number of rotatable bonds is 23. The predicted octanol–water partition coefficient (Wildman–Crippen LogP) is 7.42. The maximum Gasteiger partial charge on any atom is 0.410 e. The second-order valence-electron chi connectivity index (χ2n) is 18.2. The first kappa shape index (κ1) is 55.0. The Morgan fingerprint density at radius 3 is 2.05 bits per heavy atom. The van der Waals surface area contributed by atoms with Gasteiger partial charge >= 0.3 is 6.09 Å². The third-order valence-electron chi connectivity index (χ3n) is 13.1. The third kappa shape index (κ3) is 15.1. The molecule has 1 aliphatic heterocycles. The van der Waals surface area contributed by atoms with Crippen molar-refractivity contribution in [2.45, 2.75) is 167 Å². The van der Waals surface area contributed by atoms with E-state index >= 15 is 0 Å². The Balaban J connectivity index is 1.74. The SMILES string of the molecule is CC[C@H](C)[C@@H]([C@@H](CC(=O)N1CCC[C@H]1[C@H](OC)[C@@H](C)C(=O)N[C@H](C)[C@@H](O)c1ccccc1)OC)N(C)C(=O)[C@@H](NC(=O)[C@H](C(C)C)N(C)C(=O)O[C@H]1CC[C@H](SSI)CC1)C(C)C. The molecule has 3 N–H and O–H groups in total. The first-order valence-electron chi connectivity index (χ1n) is 22.7. The zero-order valence-electron chi connectivity index (χ0n) is 39.6. The van der Waals surface area contributed by atoms with Gasteiger partial charge in [0.2, 0.25) is 23.6 Å². The van der Waals surface area contributed by atoms with E-state index in [9.17, 15) is 29.1 Å². The average molecular weight is 1030 g/mol. The highest BCUT2D eigenvalue weighted by molar-refractivity contribution is 14.2. The molecule has 2 aliphatic rings. The Morgan fingerprint density at radius 2 is 1.51 bits per heavy atom. The minimum atomic E-state index is -0.925. The number of aliphatic hydroxyl groups is 1. The minimum absolute atomic E-state index is 0.0182. The molecular weight excluding hydrogens is 958 g/mol. The maximum atomic E-state index is 14.6. The summed E-state index contributed by atoms with van der Waals surface area (Å²) in [5.41, 5.74) is 0.698. The molecule has 2 fully saturated rings. The first-order chi connectivity index (χ1) is 29.8. The van der Waals surface area contributed by atoms with Gasteiger partial charge in [-0.05, 0) is 76.7 Å². The van der Waals surface area contributed by atoms with Gasteiger partial charge in [0.1, 0.15) is 18.2 Å². The molecule has 0 aromatic heterocycles. The zero-order chi connectivity index (χ0) is 47.1. The van der Waals surface area contributed by atoms with Crippen molar-refractivity contribution in [3.63, 3.8) is 0 Å². The highest BCUT2D eigenvalue weighted by Crippen LogP contribution is 2.40. The summed E-state index contributed by atoms with van der Waals surface area (Å²) in [5, 5.41) is 17.4. The van der Waals surface area contributed by atoms with Crippen molar-refractivity contribution >= 4 is 69.7 Å². The number of nitrogens with one attached hydrogen (secondary N) is 2. The highest BCUT2D eigenvalue weighted by atomic mass is 127. The molecule has 14 nitrogen and oxygen atoms in total. The van der Waals surface area contributed by atoms with Crippen LogP contribution in [-0.2, 0) is 33.4 Å². The van der Waals surface area contributed by atoms with Crippen LogP contribution in [0.3, 0.4) is 0 Å². The number of benzene rings is 1. The van der Waals surface area contributed by atoms with Gasteiger partial charge in [-0.15, -0.1) is 0 Å². The van der Waals surface area contributed by atoms with Crippen molar-refractivity contribution in [3.8, 4) is 0 Å². The van der Waals surface area contributed by atoms with Gasteiger partial charge < -0.3 is 39.8 Å². The number of carbonyl (C=O) groups is 5. The fourth-order valence-corrected chi connectivity index (χ4v) is 13.3. The molecular formula is C46H76IN5O9S2. The molecule has 3 rings (SSSR count). The van der Waals surface area contributed by atoms with Gasteiger partial charge in [0.05, 0.1) is 48.8 Å². The number of hydrogen-bond acceptors (Lipinski definition) is 11. The zero-order valence-corrected chi connectivity index (χ0v) is 43.4. The third-order valence-corrected chi connectivity index (χ3v) is 16.9. The van der Waals surface area contributed by atoms with Crippen LogP contribution in [0.2, 0.25) is 0 Å². The lowest BCUT2D eigenvalue weighted by Crippen LogP contribution is -2.60. The largest absolute Gasteiger partial charge is 0.446 e. The van der Waals surface area contributed by atoms with Crippen LogP contribution in [0.25, 0.3) is 0 Å². The molecule has 0 radical (unpaired) electrons. The van der Waals surface area contributed by atoms with Crippen LogP contribution >= 0.6 is 40.0 Å². The standard InChI is InChI=1S/C46H76IN5O9S2/c1-13-29(6)40(50(9)45(57)38(27(2)3)49-44(56)39(28(4)5)51(10)46(58)61-33-21-23-34(24-22-33)62-63-47)36(59-11)26-37(53)52-25-17-20-35(52)42(60-12)30(7)43(55)48-31(8)41(54)32-18-15-14-16-19-32/h14-16,18-19,27-31,33-36,38-42,54H,13,17,20-26H2,1-12H3,(H,48,55)(H,49,56)/t29-,30+,31+,33-,34-,35-,36+,38-,39-,40-,41+,42+/m0/s1. The maximum absolute atomic E-state index is 14.6. The number of carbonyl (C=O) groups excluding carboxylic acids is 5. The van der Waals surface area contributed by atoms with E-state index < -0.39 is 60.4 Å². The Hall–Kier alpha value is -2.32. The van der Waals surface area contributed by atoms with Gasteiger partial charge in [-0.25, -0.2) is 4.79 Å². The van der Waals surface area contributed by atoms with Gasteiger partial charge in [-0.3, -0.25) is 24.1 Å². The number of halogens is 1. The molecule has 0 unspecified atom stereocenters. The molecule has 358 valence electrons. The Bertz CT molecular complexity index is 1610. The fourth-order valence-electron chi connectivity index (χ4n) is 9.21. The molecule has 1 aromatic rings. The lowest BCUT2D eigenvalue weighted by atomic mass is 9.89. The van der Waals surface area contributed by atoms with Crippen LogP contribution in [-0.4, -0.2) is 138 Å². The van der Waals surface area contributed by atoms with Crippen LogP contribution in [0.15, 0.2) is 30.3 Å². The van der Waals surface area contributed by atoms with Gasteiger partial charge in [0.25, 0.3) is 0 Å². The smallest absolute Gasteiger partial charge is 0.410 e. The molecule has 1 aliphatic carbocycles. The van der Waals surface area contributed by atoms with E-state index in [1.54, 1.807) is 59.9 Å². The number of methoxy groups -OCH3 is 2. The van der Waals surface area contributed by atoms with E-state index in [0.29, 0.717) is 30.2 Å². The Morgan fingerprint density at radius 1 is 0.873 bits per heavy atom. The second-order valence-corrected chi connectivity index (χ2v) is 23.4. The summed E-state index contributed by atoms with van der Waals surface area (Å²) in [7, 11) is 9.93. The summed E-state index contributed by atoms with van der Waals surface area (Å²) in [4.78, 5) is 74.8. The molecule has 0 spiro atoms. The second kappa shape index (κ2) is 26.7. The number of likely N-dealkylation sites (tertiary alicyclic amines) is 1. The molecule has 10 atom stereocenters. The normalized spacial score (nSPS) is 22.2. The number of hydrogen-bond donors (Lipinski definition) is 3. The van der Waals surface area contributed by atoms with Gasteiger partial charge in [0.15, 0.2) is 0 Å². The monoisotopic (exact) mass is 1030 g/mol. The molecule has 1 saturated carbocycles. The first-order valence-corrected chi connectivity index (χ1v) is 27.4. The summed E-state index contributed by atoms with van der Waals surface area (Å²) >= 11 is 2.28. The van der Waals surface area contributed by atoms with Crippen LogP contribution in [0.1, 0.15) is 118 Å². The topological polar surface area (TPSA) is 167 Å². The van der Waals surface area contributed by atoms with E-state index in [1.807, 2.05) is 82.7 Å². The van der Waals surface area contributed by atoms with Crippen LogP contribution < -0.4 is 10.6 Å². The lowest BCUT2D eigenvalue weighted by molar-refractivity contribution is -0.148. The summed E-state index contributed by atoms with van der Waals surface area (Å²) in [6, 6.07) is 5.89. The molecule has 1 saturated heterocycles. The van der Waals surface area contributed by atoms with E-state index in [-0.39, 0.29) is 54.0 Å².